The molecule has 0 bridgehead atoms. The number of nitrogens with one attached hydrogen (secondary N) is 1. The van der Waals surface area contributed by atoms with Gasteiger partial charge in [0.15, 0.2) is 0 Å². The first-order valence-corrected chi connectivity index (χ1v) is 4.58. The van der Waals surface area contributed by atoms with E-state index in [1.54, 1.807) is 4.90 Å². The molecule has 76 valence electrons. The second-order valence-electron chi connectivity index (χ2n) is 3.15. The average molecular weight is 187 g/mol. The lowest BCUT2D eigenvalue weighted by Gasteiger charge is -2.31. The summed E-state index contributed by atoms with van der Waals surface area (Å²) in [5.41, 5.74) is 5.28. The van der Waals surface area contributed by atoms with Crippen molar-refractivity contribution in [2.75, 3.05) is 32.8 Å². The van der Waals surface area contributed by atoms with Gasteiger partial charge in [0.25, 0.3) is 0 Å². The molecule has 0 saturated carbocycles. The number of morpholine rings is 1. The lowest BCUT2D eigenvalue weighted by Crippen LogP contribution is -2.49. The van der Waals surface area contributed by atoms with E-state index >= 15 is 0 Å². The van der Waals surface area contributed by atoms with Crippen LogP contribution in [0.15, 0.2) is 0 Å². The van der Waals surface area contributed by atoms with Crippen molar-refractivity contribution in [3.63, 3.8) is 0 Å². The van der Waals surface area contributed by atoms with E-state index in [1.165, 1.54) is 0 Å². The maximum Gasteiger partial charge on any atom is 0.317 e. The molecule has 0 aliphatic carbocycles. The first-order chi connectivity index (χ1) is 6.24. The van der Waals surface area contributed by atoms with Gasteiger partial charge in [0.2, 0.25) is 0 Å². The Morgan fingerprint density at radius 2 is 2.54 bits per heavy atom. The number of hydrogen-bond donors (Lipinski definition) is 2. The predicted molar refractivity (Wildman–Crippen MR) is 49.4 cm³/mol. The fraction of sp³-hybridized carbons (Fsp3) is 0.875. The second-order valence-corrected chi connectivity index (χ2v) is 3.15. The minimum atomic E-state index is -0.0411. The van der Waals surface area contributed by atoms with Crippen molar-refractivity contribution < 1.29 is 9.53 Å². The first-order valence-electron chi connectivity index (χ1n) is 4.58. The summed E-state index contributed by atoms with van der Waals surface area (Å²) in [5, 5.41) is 2.73. The van der Waals surface area contributed by atoms with Crippen LogP contribution in [0.1, 0.15) is 6.92 Å². The molecule has 5 nitrogen and oxygen atoms in total. The molecule has 1 unspecified atom stereocenters. The molecule has 1 aliphatic heterocycles. The topological polar surface area (TPSA) is 67.6 Å². The number of carbonyl (C=O) groups excluding carboxylic acids is 1. The Bertz CT molecular complexity index is 175. The van der Waals surface area contributed by atoms with Crippen LogP contribution in [-0.4, -0.2) is 49.8 Å². The highest BCUT2D eigenvalue weighted by Crippen LogP contribution is 2.03. The van der Waals surface area contributed by atoms with Crippen molar-refractivity contribution in [1.82, 2.24) is 10.2 Å². The van der Waals surface area contributed by atoms with E-state index in [0.717, 1.165) is 0 Å². The Hall–Kier alpha value is -0.810. The van der Waals surface area contributed by atoms with Crippen LogP contribution in [0.4, 0.5) is 4.79 Å². The van der Waals surface area contributed by atoms with Gasteiger partial charge < -0.3 is 20.7 Å². The lowest BCUT2D eigenvalue weighted by atomic mass is 10.3. The molecular weight excluding hydrogens is 170 g/mol. The van der Waals surface area contributed by atoms with Gasteiger partial charge in [0, 0.05) is 26.2 Å². The van der Waals surface area contributed by atoms with Gasteiger partial charge in [0.05, 0.1) is 12.7 Å². The number of ether oxygens (including phenoxy) is 1. The Balaban J connectivity index is 2.28. The van der Waals surface area contributed by atoms with E-state index in [2.05, 4.69) is 5.32 Å². The van der Waals surface area contributed by atoms with Gasteiger partial charge >= 0.3 is 6.03 Å². The molecule has 0 spiro atoms. The third-order valence-electron chi connectivity index (χ3n) is 1.95. The van der Waals surface area contributed by atoms with Crippen LogP contribution in [0, 0.1) is 0 Å². The Labute approximate surface area is 78.2 Å². The van der Waals surface area contributed by atoms with E-state index < -0.39 is 0 Å². The number of urea groups is 1. The molecule has 3 N–H and O–H groups in total. The van der Waals surface area contributed by atoms with Crippen LogP contribution in [0.5, 0.6) is 0 Å². The number of hydrogen-bond acceptors (Lipinski definition) is 3. The third-order valence-corrected chi connectivity index (χ3v) is 1.95. The van der Waals surface area contributed by atoms with Gasteiger partial charge in [-0.25, -0.2) is 4.79 Å². The highest BCUT2D eigenvalue weighted by Gasteiger charge is 2.20. The Morgan fingerprint density at radius 3 is 3.15 bits per heavy atom. The monoisotopic (exact) mass is 187 g/mol. The van der Waals surface area contributed by atoms with Gasteiger partial charge in [-0.3, -0.25) is 0 Å². The SMILES string of the molecule is CC1CN(C(=O)NCCN)CCO1. The zero-order chi connectivity index (χ0) is 9.68. The standard InChI is InChI=1S/C8H17N3O2/c1-7-6-11(4-5-13-7)8(12)10-3-2-9/h7H,2-6,9H2,1H3,(H,10,12). The fourth-order valence-electron chi connectivity index (χ4n) is 1.29. The minimum absolute atomic E-state index is 0.0411. The molecule has 0 aromatic carbocycles. The molecule has 1 rings (SSSR count). The number of nitrogens with two attached hydrogens (primary N) is 1. The maximum absolute atomic E-state index is 11.4. The van der Waals surface area contributed by atoms with E-state index in [1.807, 2.05) is 6.92 Å². The lowest BCUT2D eigenvalue weighted by molar-refractivity contribution is -0.00340. The molecule has 1 saturated heterocycles. The molecular formula is C8H17N3O2. The highest BCUT2D eigenvalue weighted by atomic mass is 16.5. The predicted octanol–water partition coefficient (Wildman–Crippen LogP) is -0.625. The van der Waals surface area contributed by atoms with Crippen molar-refractivity contribution in [3.05, 3.63) is 0 Å². The van der Waals surface area contributed by atoms with Gasteiger partial charge in [-0.2, -0.15) is 0 Å². The third kappa shape index (κ3) is 3.20. The normalized spacial score (nSPS) is 22.9. The van der Waals surface area contributed by atoms with Crippen LogP contribution in [0.2, 0.25) is 0 Å². The minimum Gasteiger partial charge on any atom is -0.375 e. The molecule has 13 heavy (non-hydrogen) atoms. The zero-order valence-electron chi connectivity index (χ0n) is 7.95. The van der Waals surface area contributed by atoms with Crippen LogP contribution >= 0.6 is 0 Å². The summed E-state index contributed by atoms with van der Waals surface area (Å²) >= 11 is 0. The van der Waals surface area contributed by atoms with E-state index in [4.69, 9.17) is 10.5 Å². The van der Waals surface area contributed by atoms with Crippen molar-refractivity contribution in [2.45, 2.75) is 13.0 Å². The summed E-state index contributed by atoms with van der Waals surface area (Å²) in [6.07, 6.45) is 0.136. The van der Waals surface area contributed by atoms with Gasteiger partial charge in [-0.1, -0.05) is 0 Å². The molecule has 1 atom stereocenters. The Morgan fingerprint density at radius 1 is 1.77 bits per heavy atom. The van der Waals surface area contributed by atoms with Crippen molar-refractivity contribution in [2.24, 2.45) is 5.73 Å². The molecule has 0 radical (unpaired) electrons. The van der Waals surface area contributed by atoms with Crippen LogP contribution in [0.3, 0.4) is 0 Å². The highest BCUT2D eigenvalue weighted by molar-refractivity contribution is 5.74. The summed E-state index contributed by atoms with van der Waals surface area (Å²) < 4.78 is 5.32. The van der Waals surface area contributed by atoms with E-state index in [-0.39, 0.29) is 12.1 Å². The van der Waals surface area contributed by atoms with Crippen LogP contribution < -0.4 is 11.1 Å². The molecule has 1 heterocycles. The van der Waals surface area contributed by atoms with Crippen LogP contribution in [-0.2, 0) is 4.74 Å². The number of carbonyl (C=O) groups is 1. The summed E-state index contributed by atoms with van der Waals surface area (Å²) in [6, 6.07) is -0.0411. The Kier molecular flexibility index (Phi) is 3.98. The summed E-state index contributed by atoms with van der Waals surface area (Å²) in [5.74, 6) is 0. The molecule has 5 heteroatoms. The average Bonchev–Trinajstić information content (AvgIpc) is 2.14. The smallest absolute Gasteiger partial charge is 0.317 e. The summed E-state index contributed by atoms with van der Waals surface area (Å²) in [4.78, 5) is 13.2. The first kappa shape index (κ1) is 10.3. The summed E-state index contributed by atoms with van der Waals surface area (Å²) in [6.45, 7) is 4.92. The second kappa shape index (κ2) is 5.04. The van der Waals surface area contributed by atoms with Crippen molar-refractivity contribution in [3.8, 4) is 0 Å². The molecule has 2 amide bonds. The maximum atomic E-state index is 11.4. The van der Waals surface area contributed by atoms with Gasteiger partial charge in [-0.15, -0.1) is 0 Å². The molecule has 1 aliphatic rings. The summed E-state index contributed by atoms with van der Waals surface area (Å²) in [7, 11) is 0. The van der Waals surface area contributed by atoms with Gasteiger partial charge in [-0.05, 0) is 6.92 Å². The van der Waals surface area contributed by atoms with Crippen LogP contribution in [0.25, 0.3) is 0 Å². The quantitative estimate of drug-likeness (QED) is 0.605. The largest absolute Gasteiger partial charge is 0.375 e. The molecule has 1 fully saturated rings. The van der Waals surface area contributed by atoms with Crippen molar-refractivity contribution in [1.29, 1.82) is 0 Å². The van der Waals surface area contributed by atoms with E-state index in [9.17, 15) is 4.79 Å². The zero-order valence-corrected chi connectivity index (χ0v) is 7.95. The number of nitrogens with zero attached hydrogens (tertiary/aromatic N) is 1. The van der Waals surface area contributed by atoms with Crippen molar-refractivity contribution >= 4 is 6.03 Å². The molecule has 0 aromatic rings. The van der Waals surface area contributed by atoms with Gasteiger partial charge in [0.1, 0.15) is 0 Å². The number of rotatable bonds is 2. The molecule has 0 aromatic heterocycles. The fourth-order valence-corrected chi connectivity index (χ4v) is 1.29. The van der Waals surface area contributed by atoms with E-state index in [0.29, 0.717) is 32.8 Å². The number of amides is 2.